The van der Waals surface area contributed by atoms with Crippen molar-refractivity contribution in [2.24, 2.45) is 0 Å². The lowest BCUT2D eigenvalue weighted by Gasteiger charge is -2.23. The minimum atomic E-state index is -3.49. The molecule has 1 aliphatic heterocycles. The van der Waals surface area contributed by atoms with Crippen LogP contribution in [-0.2, 0) is 10.0 Å². The Bertz CT molecular complexity index is 834. The number of hydrogen-bond acceptors (Lipinski definition) is 5. The summed E-state index contributed by atoms with van der Waals surface area (Å²) in [7, 11) is -1.94. The molecule has 2 heterocycles. The monoisotopic (exact) mass is 380 g/mol. The molecule has 1 amide bonds. The first-order valence-electron chi connectivity index (χ1n) is 8.00. The van der Waals surface area contributed by atoms with Crippen LogP contribution in [0.25, 0.3) is 0 Å². The van der Waals surface area contributed by atoms with Crippen LogP contribution < -0.4 is 10.1 Å². The largest absolute Gasteiger partial charge is 0.497 e. The number of hydrogen-bond donors (Lipinski definition) is 1. The third-order valence-electron chi connectivity index (χ3n) is 4.21. The van der Waals surface area contributed by atoms with Gasteiger partial charge in [0.25, 0.3) is 15.9 Å². The molecule has 25 heavy (non-hydrogen) atoms. The van der Waals surface area contributed by atoms with Crippen molar-refractivity contribution in [3.8, 4) is 5.75 Å². The molecule has 1 aliphatic rings. The molecule has 1 aromatic carbocycles. The maximum absolute atomic E-state index is 12.7. The summed E-state index contributed by atoms with van der Waals surface area (Å²) in [5, 5.41) is 4.59. The van der Waals surface area contributed by atoms with Crippen LogP contribution in [0.15, 0.2) is 46.0 Å². The highest BCUT2D eigenvalue weighted by Gasteiger charge is 2.35. The highest BCUT2D eigenvalue weighted by atomic mass is 32.2. The van der Waals surface area contributed by atoms with Gasteiger partial charge in [-0.1, -0.05) is 12.1 Å². The van der Waals surface area contributed by atoms with Gasteiger partial charge in [-0.05, 0) is 42.5 Å². The molecular formula is C17H20N2O4S2. The molecule has 0 unspecified atom stereocenters. The van der Waals surface area contributed by atoms with E-state index in [4.69, 9.17) is 4.74 Å². The van der Waals surface area contributed by atoms with Gasteiger partial charge in [0, 0.05) is 24.7 Å². The lowest BCUT2D eigenvalue weighted by Crippen LogP contribution is -2.42. The van der Waals surface area contributed by atoms with Crippen LogP contribution in [0.4, 0.5) is 0 Å². The first-order chi connectivity index (χ1) is 12.0. The van der Waals surface area contributed by atoms with Crippen LogP contribution >= 0.6 is 11.3 Å². The summed E-state index contributed by atoms with van der Waals surface area (Å²) in [6.45, 7) is 0.778. The Hall–Kier alpha value is -1.90. The number of benzene rings is 1. The number of amides is 1. The van der Waals surface area contributed by atoms with Crippen LogP contribution in [0.5, 0.6) is 5.75 Å². The van der Waals surface area contributed by atoms with E-state index >= 15 is 0 Å². The Balaban J connectivity index is 1.67. The molecule has 2 aromatic rings. The third kappa shape index (κ3) is 3.86. The summed E-state index contributed by atoms with van der Waals surface area (Å²) >= 11 is 1.21. The summed E-state index contributed by atoms with van der Waals surface area (Å²) in [4.78, 5) is 12.3. The molecule has 1 aromatic heterocycles. The van der Waals surface area contributed by atoms with Crippen molar-refractivity contribution < 1.29 is 17.9 Å². The fourth-order valence-corrected chi connectivity index (χ4v) is 5.74. The number of carbonyl (C=O) groups is 1. The average molecular weight is 380 g/mol. The van der Waals surface area contributed by atoms with Gasteiger partial charge >= 0.3 is 0 Å². The van der Waals surface area contributed by atoms with Gasteiger partial charge < -0.3 is 10.1 Å². The van der Waals surface area contributed by atoms with E-state index in [9.17, 15) is 13.2 Å². The Morgan fingerprint density at radius 3 is 2.92 bits per heavy atom. The summed E-state index contributed by atoms with van der Waals surface area (Å²) in [6, 6.07) is 10.00. The molecule has 1 atom stereocenters. The quantitative estimate of drug-likeness (QED) is 0.835. The molecule has 1 N–H and O–H groups in total. The van der Waals surface area contributed by atoms with E-state index in [-0.39, 0.29) is 11.9 Å². The number of rotatable bonds is 6. The van der Waals surface area contributed by atoms with Crippen molar-refractivity contribution in [3.63, 3.8) is 0 Å². The van der Waals surface area contributed by atoms with Crippen LogP contribution in [0.1, 0.15) is 23.2 Å². The molecule has 8 heteroatoms. The standard InChI is InChI=1S/C17H20N2O4S2/c1-23-15-7-2-5-13(11-15)17(20)18-12-14-6-3-9-19(14)25(21,22)16-8-4-10-24-16/h2,4-5,7-8,10-11,14H,3,6,9,12H2,1H3,(H,18,20)/t14-/m1/s1. The predicted molar refractivity (Wildman–Crippen MR) is 96.6 cm³/mol. The fourth-order valence-electron chi connectivity index (χ4n) is 2.93. The normalized spacial score (nSPS) is 18.2. The van der Waals surface area contributed by atoms with Crippen LogP contribution in [0.2, 0.25) is 0 Å². The second-order valence-corrected chi connectivity index (χ2v) is 8.85. The van der Waals surface area contributed by atoms with Gasteiger partial charge in [0.2, 0.25) is 0 Å². The summed E-state index contributed by atoms with van der Waals surface area (Å²) in [5.41, 5.74) is 0.491. The van der Waals surface area contributed by atoms with E-state index < -0.39 is 10.0 Å². The maximum atomic E-state index is 12.7. The van der Waals surface area contributed by atoms with Gasteiger partial charge in [0.05, 0.1) is 7.11 Å². The van der Waals surface area contributed by atoms with E-state index in [1.54, 1.807) is 48.9 Å². The zero-order chi connectivity index (χ0) is 17.9. The van der Waals surface area contributed by atoms with E-state index in [2.05, 4.69) is 5.32 Å². The third-order valence-corrected chi connectivity index (χ3v) is 7.54. The average Bonchev–Trinajstić information content (AvgIpc) is 3.31. The van der Waals surface area contributed by atoms with Gasteiger partial charge in [-0.15, -0.1) is 11.3 Å². The van der Waals surface area contributed by atoms with Crippen molar-refractivity contribution in [1.29, 1.82) is 0 Å². The Morgan fingerprint density at radius 1 is 1.36 bits per heavy atom. The molecule has 0 radical (unpaired) electrons. The zero-order valence-electron chi connectivity index (χ0n) is 13.8. The minimum absolute atomic E-state index is 0.221. The second kappa shape index (κ2) is 7.55. The molecule has 0 saturated carbocycles. The summed E-state index contributed by atoms with van der Waals surface area (Å²) < 4.78 is 32.4. The highest BCUT2D eigenvalue weighted by molar-refractivity contribution is 7.91. The lowest BCUT2D eigenvalue weighted by molar-refractivity contribution is 0.0946. The number of nitrogens with zero attached hydrogens (tertiary/aromatic N) is 1. The number of nitrogens with one attached hydrogen (secondary N) is 1. The van der Waals surface area contributed by atoms with E-state index in [1.807, 2.05) is 0 Å². The van der Waals surface area contributed by atoms with Gasteiger partial charge in [-0.2, -0.15) is 4.31 Å². The maximum Gasteiger partial charge on any atom is 0.252 e. The van der Waals surface area contributed by atoms with Gasteiger partial charge in [-0.3, -0.25) is 4.79 Å². The first-order valence-corrected chi connectivity index (χ1v) is 10.3. The zero-order valence-corrected chi connectivity index (χ0v) is 15.5. The van der Waals surface area contributed by atoms with Crippen molar-refractivity contribution in [3.05, 3.63) is 47.3 Å². The van der Waals surface area contributed by atoms with E-state index in [0.717, 1.165) is 12.8 Å². The molecule has 0 bridgehead atoms. The first kappa shape index (κ1) is 17.9. The second-order valence-electron chi connectivity index (χ2n) is 5.79. The van der Waals surface area contributed by atoms with Crippen molar-refractivity contribution in [2.75, 3.05) is 20.2 Å². The summed E-state index contributed by atoms with van der Waals surface area (Å²) in [5.74, 6) is 0.370. The van der Waals surface area contributed by atoms with Crippen molar-refractivity contribution in [2.45, 2.75) is 23.1 Å². The Kier molecular flexibility index (Phi) is 5.41. The molecule has 1 saturated heterocycles. The number of thiophene rings is 1. The number of carbonyl (C=O) groups excluding carboxylic acids is 1. The highest BCUT2D eigenvalue weighted by Crippen LogP contribution is 2.28. The number of sulfonamides is 1. The number of ether oxygens (including phenoxy) is 1. The molecule has 0 aliphatic carbocycles. The topological polar surface area (TPSA) is 75.7 Å². The van der Waals surface area contributed by atoms with E-state index in [1.165, 1.54) is 15.6 Å². The Morgan fingerprint density at radius 2 is 2.20 bits per heavy atom. The molecular weight excluding hydrogens is 360 g/mol. The van der Waals surface area contributed by atoms with Crippen LogP contribution in [-0.4, -0.2) is 44.9 Å². The minimum Gasteiger partial charge on any atom is -0.497 e. The van der Waals surface area contributed by atoms with E-state index in [0.29, 0.717) is 28.6 Å². The van der Waals surface area contributed by atoms with Crippen LogP contribution in [0, 0.1) is 0 Å². The molecule has 134 valence electrons. The molecule has 1 fully saturated rings. The molecule has 0 spiro atoms. The molecule has 3 rings (SSSR count). The fraction of sp³-hybridized carbons (Fsp3) is 0.353. The van der Waals surface area contributed by atoms with Gasteiger partial charge in [0.1, 0.15) is 9.96 Å². The predicted octanol–water partition coefficient (Wildman–Crippen LogP) is 2.34. The van der Waals surface area contributed by atoms with Gasteiger partial charge in [0.15, 0.2) is 0 Å². The van der Waals surface area contributed by atoms with Crippen molar-refractivity contribution in [1.82, 2.24) is 9.62 Å². The number of methoxy groups -OCH3 is 1. The van der Waals surface area contributed by atoms with Crippen LogP contribution in [0.3, 0.4) is 0 Å². The van der Waals surface area contributed by atoms with Crippen molar-refractivity contribution >= 4 is 27.3 Å². The smallest absolute Gasteiger partial charge is 0.252 e. The Labute approximate surface area is 151 Å². The van der Waals surface area contributed by atoms with Gasteiger partial charge in [-0.25, -0.2) is 8.42 Å². The lowest BCUT2D eigenvalue weighted by atomic mass is 10.2. The SMILES string of the molecule is COc1cccc(C(=O)NC[C@H]2CCCN2S(=O)(=O)c2cccs2)c1. The molecule has 6 nitrogen and oxygen atoms in total. The summed E-state index contributed by atoms with van der Waals surface area (Å²) in [6.07, 6.45) is 1.54.